The van der Waals surface area contributed by atoms with E-state index >= 15 is 0 Å². The summed E-state index contributed by atoms with van der Waals surface area (Å²) < 4.78 is 0. The lowest BCUT2D eigenvalue weighted by Crippen LogP contribution is -2.17. The molecule has 0 aliphatic heterocycles. The predicted molar refractivity (Wildman–Crippen MR) is 64.1 cm³/mol. The smallest absolute Gasteiger partial charge is 0.228 e. The highest BCUT2D eigenvalue weighted by Crippen LogP contribution is 2.30. The van der Waals surface area contributed by atoms with Gasteiger partial charge in [0, 0.05) is 5.92 Å². The van der Waals surface area contributed by atoms with E-state index in [2.05, 4.69) is 10.3 Å². The van der Waals surface area contributed by atoms with Crippen LogP contribution in [0.2, 0.25) is 0 Å². The van der Waals surface area contributed by atoms with E-state index in [0.29, 0.717) is 10.1 Å². The van der Waals surface area contributed by atoms with Gasteiger partial charge in [-0.1, -0.05) is 39.0 Å². The molecule has 3 N–H and O–H groups in total. The van der Waals surface area contributed by atoms with Gasteiger partial charge < -0.3 is 11.1 Å². The molecule has 1 aromatic heterocycles. The first-order chi connectivity index (χ1) is 6.91. The summed E-state index contributed by atoms with van der Waals surface area (Å²) in [6.45, 7) is 7.74. The number of nitrogen functional groups attached to an aromatic ring is 1. The second-order valence-corrected chi connectivity index (χ2v) is 5.10. The van der Waals surface area contributed by atoms with Crippen molar-refractivity contribution in [3.8, 4) is 0 Å². The van der Waals surface area contributed by atoms with Gasteiger partial charge in [0.1, 0.15) is 5.00 Å². The highest BCUT2D eigenvalue weighted by atomic mass is 32.1. The lowest BCUT2D eigenvalue weighted by atomic mass is 10.1. The van der Waals surface area contributed by atoms with Gasteiger partial charge in [-0.15, -0.1) is 0 Å². The SMILES string of the molecule is CC(C)C(=O)Nc1nc(C(C)C)c(N)s1. The van der Waals surface area contributed by atoms with Gasteiger partial charge in [0.05, 0.1) is 5.69 Å². The Morgan fingerprint density at radius 2 is 2.00 bits per heavy atom. The number of nitrogens with zero attached hydrogens (tertiary/aromatic N) is 1. The molecule has 0 spiro atoms. The maximum atomic E-state index is 11.4. The summed E-state index contributed by atoms with van der Waals surface area (Å²) in [5.74, 6) is 0.211. The molecule has 1 amide bonds. The number of nitrogens with one attached hydrogen (secondary N) is 1. The van der Waals surface area contributed by atoms with Crippen molar-refractivity contribution in [1.82, 2.24) is 4.98 Å². The molecule has 0 unspecified atom stereocenters. The summed E-state index contributed by atoms with van der Waals surface area (Å²) in [7, 11) is 0. The van der Waals surface area contributed by atoms with Crippen molar-refractivity contribution in [2.24, 2.45) is 5.92 Å². The van der Waals surface area contributed by atoms with Crippen molar-refractivity contribution in [1.29, 1.82) is 0 Å². The minimum atomic E-state index is -0.0439. The maximum Gasteiger partial charge on any atom is 0.228 e. The van der Waals surface area contributed by atoms with Crippen molar-refractivity contribution in [2.45, 2.75) is 33.6 Å². The highest BCUT2D eigenvalue weighted by Gasteiger charge is 2.14. The number of aromatic nitrogens is 1. The highest BCUT2D eigenvalue weighted by molar-refractivity contribution is 7.19. The van der Waals surface area contributed by atoms with Crippen LogP contribution in [-0.2, 0) is 4.79 Å². The summed E-state index contributed by atoms with van der Waals surface area (Å²) in [4.78, 5) is 15.7. The molecule has 0 aliphatic carbocycles. The molecule has 0 aliphatic rings. The van der Waals surface area contributed by atoms with Gasteiger partial charge in [-0.3, -0.25) is 4.79 Å². The topological polar surface area (TPSA) is 68.0 Å². The summed E-state index contributed by atoms with van der Waals surface area (Å²) >= 11 is 1.32. The van der Waals surface area contributed by atoms with E-state index in [0.717, 1.165) is 5.69 Å². The van der Waals surface area contributed by atoms with Crippen LogP contribution in [-0.4, -0.2) is 10.9 Å². The second kappa shape index (κ2) is 4.61. The zero-order valence-electron chi connectivity index (χ0n) is 9.50. The molecule has 1 rings (SSSR count). The molecule has 4 nitrogen and oxygen atoms in total. The van der Waals surface area contributed by atoms with E-state index in [-0.39, 0.29) is 17.7 Å². The third kappa shape index (κ3) is 2.92. The van der Waals surface area contributed by atoms with Gasteiger partial charge in [-0.05, 0) is 5.92 Å². The summed E-state index contributed by atoms with van der Waals surface area (Å²) in [6, 6.07) is 0. The molecule has 0 radical (unpaired) electrons. The Labute approximate surface area is 93.9 Å². The Morgan fingerprint density at radius 3 is 2.40 bits per heavy atom. The van der Waals surface area contributed by atoms with Gasteiger partial charge in [0.2, 0.25) is 5.91 Å². The van der Waals surface area contributed by atoms with Gasteiger partial charge in [0.15, 0.2) is 5.13 Å². The first-order valence-corrected chi connectivity index (χ1v) is 5.80. The molecule has 1 aromatic rings. The average molecular weight is 227 g/mol. The first-order valence-electron chi connectivity index (χ1n) is 4.99. The van der Waals surface area contributed by atoms with E-state index in [1.165, 1.54) is 11.3 Å². The molecule has 0 saturated heterocycles. The fourth-order valence-corrected chi connectivity index (χ4v) is 1.95. The van der Waals surface area contributed by atoms with E-state index in [1.807, 2.05) is 27.7 Å². The zero-order valence-corrected chi connectivity index (χ0v) is 10.3. The normalized spacial score (nSPS) is 11.1. The molecule has 0 aromatic carbocycles. The third-order valence-electron chi connectivity index (χ3n) is 1.98. The van der Waals surface area contributed by atoms with Crippen LogP contribution in [0.4, 0.5) is 10.1 Å². The van der Waals surface area contributed by atoms with E-state index in [9.17, 15) is 4.79 Å². The van der Waals surface area contributed by atoms with E-state index in [4.69, 9.17) is 5.73 Å². The number of hydrogen-bond donors (Lipinski definition) is 2. The molecular weight excluding hydrogens is 210 g/mol. The molecule has 0 fully saturated rings. The van der Waals surface area contributed by atoms with Gasteiger partial charge in [0.25, 0.3) is 0 Å². The summed E-state index contributed by atoms with van der Waals surface area (Å²) in [5.41, 5.74) is 6.66. The fraction of sp³-hybridized carbons (Fsp3) is 0.600. The Balaban J connectivity index is 2.80. The number of amides is 1. The van der Waals surface area contributed by atoms with Crippen LogP contribution in [0.25, 0.3) is 0 Å². The molecule has 0 atom stereocenters. The molecular formula is C10H17N3OS. The van der Waals surface area contributed by atoms with Crippen molar-refractivity contribution >= 4 is 27.4 Å². The number of nitrogens with two attached hydrogens (primary N) is 1. The molecule has 1 heterocycles. The minimum absolute atomic E-state index is 0.0287. The van der Waals surface area contributed by atoms with Crippen LogP contribution in [0.1, 0.15) is 39.3 Å². The lowest BCUT2D eigenvalue weighted by Gasteiger charge is -2.03. The number of anilines is 2. The number of carbonyl (C=O) groups is 1. The summed E-state index contributed by atoms with van der Waals surface area (Å²) in [5, 5.41) is 4.02. The quantitative estimate of drug-likeness (QED) is 0.833. The number of hydrogen-bond acceptors (Lipinski definition) is 4. The molecule has 5 heteroatoms. The molecule has 15 heavy (non-hydrogen) atoms. The zero-order chi connectivity index (χ0) is 11.6. The Morgan fingerprint density at radius 1 is 1.40 bits per heavy atom. The largest absolute Gasteiger partial charge is 0.389 e. The van der Waals surface area contributed by atoms with Crippen molar-refractivity contribution in [3.05, 3.63) is 5.69 Å². The van der Waals surface area contributed by atoms with Crippen molar-refractivity contribution in [3.63, 3.8) is 0 Å². The first kappa shape index (κ1) is 12.0. The second-order valence-electron chi connectivity index (χ2n) is 4.07. The number of thiazole rings is 1. The van der Waals surface area contributed by atoms with Crippen LogP contribution in [0.5, 0.6) is 0 Å². The average Bonchev–Trinajstić information content (AvgIpc) is 2.46. The van der Waals surface area contributed by atoms with E-state index in [1.54, 1.807) is 0 Å². The van der Waals surface area contributed by atoms with Gasteiger partial charge in [-0.2, -0.15) is 0 Å². The monoisotopic (exact) mass is 227 g/mol. The number of rotatable bonds is 3. The van der Waals surface area contributed by atoms with Crippen LogP contribution in [0, 0.1) is 5.92 Å². The molecule has 0 saturated carbocycles. The van der Waals surface area contributed by atoms with Crippen LogP contribution in [0.15, 0.2) is 0 Å². The van der Waals surface area contributed by atoms with Gasteiger partial charge in [-0.25, -0.2) is 4.98 Å². The number of carbonyl (C=O) groups excluding carboxylic acids is 1. The van der Waals surface area contributed by atoms with Crippen LogP contribution < -0.4 is 11.1 Å². The predicted octanol–water partition coefficient (Wildman–Crippen LogP) is 2.44. The standard InChI is InChI=1S/C10H17N3OS/c1-5(2)7-8(11)15-10(12-7)13-9(14)6(3)4/h5-6H,11H2,1-4H3,(H,12,13,14). The van der Waals surface area contributed by atoms with Crippen molar-refractivity contribution < 1.29 is 4.79 Å². The minimum Gasteiger partial charge on any atom is -0.389 e. The van der Waals surface area contributed by atoms with Crippen molar-refractivity contribution in [2.75, 3.05) is 11.1 Å². The van der Waals surface area contributed by atoms with E-state index < -0.39 is 0 Å². The fourth-order valence-electron chi connectivity index (χ4n) is 1.06. The summed E-state index contributed by atoms with van der Waals surface area (Å²) in [6.07, 6.45) is 0. The molecule has 0 bridgehead atoms. The Bertz CT molecular complexity index is 358. The lowest BCUT2D eigenvalue weighted by molar-refractivity contribution is -0.118. The Kier molecular flexibility index (Phi) is 3.68. The maximum absolute atomic E-state index is 11.4. The van der Waals surface area contributed by atoms with Gasteiger partial charge >= 0.3 is 0 Å². The van der Waals surface area contributed by atoms with Crippen LogP contribution in [0.3, 0.4) is 0 Å². The Hall–Kier alpha value is -1.10. The van der Waals surface area contributed by atoms with Crippen LogP contribution >= 0.6 is 11.3 Å². The molecule has 84 valence electrons. The third-order valence-corrected chi connectivity index (χ3v) is 2.80.